The van der Waals surface area contributed by atoms with Gasteiger partial charge in [-0.2, -0.15) is 4.98 Å². The molecule has 6 heterocycles. The van der Waals surface area contributed by atoms with Gasteiger partial charge < -0.3 is 44.8 Å². The maximum atomic E-state index is 15.0. The lowest BCUT2D eigenvalue weighted by molar-refractivity contribution is -0.750. The zero-order chi connectivity index (χ0) is 56.1. The smallest absolute Gasteiger partial charge is 0.268 e. The quantitative estimate of drug-likeness (QED) is 0.0543. The number of H-pyrrole nitrogens is 1. The minimum Gasteiger partial charge on any atom is -0.629 e. The molecule has 20 nitrogen and oxygen atoms in total. The normalized spacial score (nSPS) is 21.4. The maximum absolute atomic E-state index is 15.0. The number of aliphatic hydroxyl groups is 1. The number of halogens is 1. The van der Waals surface area contributed by atoms with Gasteiger partial charge in [0.2, 0.25) is 5.88 Å². The number of piperidine rings is 1. The third kappa shape index (κ3) is 11.1. The molecule has 80 heavy (non-hydrogen) atoms. The van der Waals surface area contributed by atoms with Crippen LogP contribution in [0.1, 0.15) is 111 Å². The van der Waals surface area contributed by atoms with Gasteiger partial charge in [0.15, 0.2) is 22.5 Å². The first-order chi connectivity index (χ1) is 38.4. The molecular formula is C58H70FN11O9S. The number of aromatic amines is 1. The monoisotopic (exact) mass is 1120 g/mol. The highest BCUT2D eigenvalue weighted by molar-refractivity contribution is 7.90. The number of anilines is 2. The van der Waals surface area contributed by atoms with E-state index in [1.807, 2.05) is 19.2 Å². The van der Waals surface area contributed by atoms with E-state index in [4.69, 9.17) is 18.8 Å². The average molecular weight is 1120 g/mol. The summed E-state index contributed by atoms with van der Waals surface area (Å²) in [7, 11) is -0.454. The van der Waals surface area contributed by atoms with E-state index >= 15 is 4.39 Å². The zero-order valence-electron chi connectivity index (χ0n) is 46.1. The Labute approximate surface area is 464 Å². The number of pyridine rings is 2. The summed E-state index contributed by atoms with van der Waals surface area (Å²) in [6, 6.07) is 21.2. The van der Waals surface area contributed by atoms with Crippen LogP contribution in [0.15, 0.2) is 88.6 Å². The van der Waals surface area contributed by atoms with Crippen LogP contribution in [-0.4, -0.2) is 127 Å². The number of carbonyl (C=O) groups is 1. The first kappa shape index (κ1) is 55.0. The van der Waals surface area contributed by atoms with Crippen molar-refractivity contribution in [3.05, 3.63) is 112 Å². The Bertz CT molecular complexity index is 3510. The highest BCUT2D eigenvalue weighted by Crippen LogP contribution is 2.54. The highest BCUT2D eigenvalue weighted by atomic mass is 32.2. The number of nitrogens with one attached hydrogen (secondary N) is 4. The zero-order valence-corrected chi connectivity index (χ0v) is 46.9. The van der Waals surface area contributed by atoms with Crippen LogP contribution in [0.3, 0.4) is 0 Å². The Balaban J connectivity index is 0.828. The Morgan fingerprint density at radius 1 is 0.975 bits per heavy atom. The Morgan fingerprint density at radius 2 is 1.74 bits per heavy atom. The Hall–Kier alpha value is -6.95. The molecule has 1 amide bonds. The van der Waals surface area contributed by atoms with E-state index in [0.717, 1.165) is 95.7 Å². The van der Waals surface area contributed by atoms with Crippen molar-refractivity contribution in [2.45, 2.75) is 107 Å². The van der Waals surface area contributed by atoms with E-state index in [1.165, 1.54) is 43.0 Å². The number of rotatable bonds is 17. The predicted molar refractivity (Wildman–Crippen MR) is 300 cm³/mol. The third-order valence-corrected chi connectivity index (χ3v) is 18.6. The van der Waals surface area contributed by atoms with Crippen LogP contribution in [0, 0.1) is 22.4 Å². The highest BCUT2D eigenvalue weighted by Gasteiger charge is 2.50. The van der Waals surface area contributed by atoms with Gasteiger partial charge in [-0.05, 0) is 121 Å². The lowest BCUT2D eigenvalue weighted by Gasteiger charge is -2.58. The van der Waals surface area contributed by atoms with Crippen molar-refractivity contribution in [1.29, 1.82) is 0 Å². The summed E-state index contributed by atoms with van der Waals surface area (Å²) in [6.07, 6.45) is 9.80. The number of ether oxygens (including phenoxy) is 3. The van der Waals surface area contributed by atoms with E-state index in [9.17, 15) is 23.5 Å². The number of methoxy groups -OCH3 is 2. The van der Waals surface area contributed by atoms with Gasteiger partial charge >= 0.3 is 0 Å². The van der Waals surface area contributed by atoms with Gasteiger partial charge in [-0.15, -0.1) is 0 Å². The first-order valence-electron chi connectivity index (χ1n) is 27.6. The standard InChI is InChI=1S/C58H70FN11O9S/c1-35(2)40-9-7-8-10-41(40)46-34-68(33-37-15-20-60-50(25-37)76-5)23-24-70(46)39-29-58(30-39)18-21-69(22-19-58)38-11-12-42(47(26-38)78-48-27-43-44(59)32-62-54(43)63-56(48)77-6)55(71)66-80(74,75)49-28-45(67(4)73)51(53-52(49)64-79-65-53)61-31-36-13-16-57(3,72)17-14-36/h7-12,15,20,25-28,32,35-36,39,46,61,67,72H,13-14,16-19,21-24,29-31,33-34H2,1-6H3,(H,62,63)(H,66,71)/t36-,46-,57-/m0/s1. The molecule has 2 aliphatic heterocycles. The van der Waals surface area contributed by atoms with Gasteiger partial charge in [-0.25, -0.2) is 27.1 Å². The summed E-state index contributed by atoms with van der Waals surface area (Å²) >= 11 is 0. The van der Waals surface area contributed by atoms with Gasteiger partial charge in [0, 0.05) is 100 Å². The van der Waals surface area contributed by atoms with Crippen LogP contribution in [-0.2, 0) is 16.6 Å². The van der Waals surface area contributed by atoms with Crippen molar-refractivity contribution in [3.63, 3.8) is 0 Å². The number of hydrogen-bond donors (Lipinski definition) is 5. The SMILES string of the molecule is COc1cc(CN2CCN(C3CC4(CCN(c5ccc(C(=O)NS(=O)(=O)c6cc([NH+](C)[O-])c(NC[C@H]7CC[C@](C)(O)CC7)c7nonc67)c(Oc6cc7c(F)c[nH]c7nc6OC)c5)CC4)C3)[C@H](c3ccccc3C(C)C)C2)ccn1. The topological polar surface area (TPSA) is 241 Å². The summed E-state index contributed by atoms with van der Waals surface area (Å²) in [5.41, 5.74) is 4.26. The van der Waals surface area contributed by atoms with Crippen LogP contribution in [0.4, 0.5) is 21.5 Å². The van der Waals surface area contributed by atoms with E-state index in [1.54, 1.807) is 19.2 Å². The molecule has 7 aromatic rings. The van der Waals surface area contributed by atoms with Gasteiger partial charge in [0.1, 0.15) is 27.8 Å². The molecule has 2 saturated heterocycles. The molecule has 2 saturated carbocycles. The molecule has 5 N–H and O–H groups in total. The molecule has 11 rings (SSSR count). The van der Waals surface area contributed by atoms with E-state index < -0.39 is 37.3 Å². The number of benzene rings is 3. The number of sulfonamides is 1. The van der Waals surface area contributed by atoms with Crippen molar-refractivity contribution in [1.82, 2.24) is 39.8 Å². The number of carbonyl (C=O) groups excluding carboxylic acids is 1. The van der Waals surface area contributed by atoms with Crippen molar-refractivity contribution in [2.24, 2.45) is 11.3 Å². The number of piperazine rings is 1. The molecule has 2 atom stereocenters. The van der Waals surface area contributed by atoms with Crippen LogP contribution >= 0.6 is 0 Å². The van der Waals surface area contributed by atoms with Crippen LogP contribution < -0.4 is 34.2 Å². The number of hydroxylamine groups is 1. The fourth-order valence-electron chi connectivity index (χ4n) is 12.6. The van der Waals surface area contributed by atoms with Crippen LogP contribution in [0.5, 0.6) is 23.3 Å². The molecule has 2 aliphatic carbocycles. The lowest BCUT2D eigenvalue weighted by atomic mass is 9.59. The summed E-state index contributed by atoms with van der Waals surface area (Å²) in [5, 5.41) is 34.6. The van der Waals surface area contributed by atoms with Gasteiger partial charge in [0.25, 0.3) is 21.8 Å². The van der Waals surface area contributed by atoms with Gasteiger partial charge in [-0.1, -0.05) is 38.1 Å². The number of fused-ring (bicyclic) bond motifs is 2. The van der Waals surface area contributed by atoms with E-state index in [2.05, 4.69) is 94.2 Å². The number of quaternary nitrogens is 1. The minimum absolute atomic E-state index is 0.00332. The number of hydrogen-bond acceptors (Lipinski definition) is 17. The van der Waals surface area contributed by atoms with Crippen molar-refractivity contribution in [2.75, 3.05) is 70.8 Å². The molecule has 1 unspecified atom stereocenters. The van der Waals surface area contributed by atoms with Gasteiger partial charge in [-0.3, -0.25) is 14.6 Å². The number of aromatic nitrogens is 5. The molecule has 4 aliphatic rings. The maximum Gasteiger partial charge on any atom is 0.268 e. The summed E-state index contributed by atoms with van der Waals surface area (Å²) in [5.74, 6) is -0.509. The molecule has 0 bridgehead atoms. The van der Waals surface area contributed by atoms with Crippen molar-refractivity contribution in [3.8, 4) is 23.3 Å². The van der Waals surface area contributed by atoms with Gasteiger partial charge in [0.05, 0.1) is 37.8 Å². The predicted octanol–water partition coefficient (Wildman–Crippen LogP) is 7.99. The summed E-state index contributed by atoms with van der Waals surface area (Å²) < 4.78 is 68.6. The van der Waals surface area contributed by atoms with E-state index in [0.29, 0.717) is 37.2 Å². The van der Waals surface area contributed by atoms with Crippen molar-refractivity contribution < 1.29 is 46.6 Å². The Morgan fingerprint density at radius 3 is 2.48 bits per heavy atom. The molecule has 1 spiro atoms. The molecule has 4 fully saturated rings. The fraction of sp³-hybridized carbons (Fsp3) is 0.466. The lowest BCUT2D eigenvalue weighted by Crippen LogP contribution is -2.98. The molecule has 22 heteroatoms. The number of amides is 1. The summed E-state index contributed by atoms with van der Waals surface area (Å²) in [4.78, 5) is 33.1. The van der Waals surface area contributed by atoms with Crippen LogP contribution in [0.25, 0.3) is 22.1 Å². The minimum atomic E-state index is -4.79. The largest absolute Gasteiger partial charge is 0.629 e. The average Bonchev–Trinajstić information content (AvgIpc) is 3.82. The molecule has 0 radical (unpaired) electrons. The molecular weight excluding hydrogens is 1050 g/mol. The first-order valence-corrected chi connectivity index (χ1v) is 29.1. The molecule has 4 aromatic heterocycles. The second-order valence-corrected chi connectivity index (χ2v) is 24.6. The second kappa shape index (κ2) is 22.2. The number of nitrogens with zero attached hydrogens (tertiary/aromatic N) is 7. The third-order valence-electron chi connectivity index (χ3n) is 17.2. The van der Waals surface area contributed by atoms with Crippen molar-refractivity contribution >= 4 is 55.1 Å². The molecule has 3 aromatic carbocycles. The Kier molecular flexibility index (Phi) is 15.2. The summed E-state index contributed by atoms with van der Waals surface area (Å²) in [6.45, 7) is 11.9. The fourth-order valence-corrected chi connectivity index (χ4v) is 13.8. The van der Waals surface area contributed by atoms with Crippen LogP contribution in [0.2, 0.25) is 0 Å². The molecule has 424 valence electrons. The van der Waals surface area contributed by atoms with E-state index in [-0.39, 0.29) is 73.8 Å². The second-order valence-electron chi connectivity index (χ2n) is 22.9.